The molecule has 2 unspecified atom stereocenters. The summed E-state index contributed by atoms with van der Waals surface area (Å²) in [5.41, 5.74) is 0. The van der Waals surface area contributed by atoms with Crippen LogP contribution in [0.1, 0.15) is 32.1 Å². The summed E-state index contributed by atoms with van der Waals surface area (Å²) in [7, 11) is 0. The van der Waals surface area contributed by atoms with E-state index in [0.29, 0.717) is 6.42 Å². The lowest BCUT2D eigenvalue weighted by Crippen LogP contribution is -2.51. The summed E-state index contributed by atoms with van der Waals surface area (Å²) in [5.74, 6) is -0.549. The predicted octanol–water partition coefficient (Wildman–Crippen LogP) is 1.04. The van der Waals surface area contributed by atoms with Gasteiger partial charge in [-0.1, -0.05) is 6.42 Å². The molecule has 0 radical (unpaired) electrons. The Bertz CT molecular complexity index is 387. The largest absolute Gasteiger partial charge is 0.481 e. The van der Waals surface area contributed by atoms with Crippen molar-refractivity contribution >= 4 is 11.9 Å². The summed E-state index contributed by atoms with van der Waals surface area (Å²) in [6.07, 6.45) is 5.00. The molecule has 3 fully saturated rings. The van der Waals surface area contributed by atoms with Crippen LogP contribution in [0.3, 0.4) is 0 Å². The van der Waals surface area contributed by atoms with Gasteiger partial charge in [-0.15, -0.1) is 0 Å². The number of carboxylic acid groups (broad SMARTS) is 1. The highest BCUT2D eigenvalue weighted by atomic mass is 16.4. The van der Waals surface area contributed by atoms with Crippen molar-refractivity contribution in [1.29, 1.82) is 0 Å². The highest BCUT2D eigenvalue weighted by molar-refractivity contribution is 5.85. The van der Waals surface area contributed by atoms with Gasteiger partial charge in [-0.05, 0) is 31.6 Å². The molecule has 2 atom stereocenters. The normalized spacial score (nSPS) is 31.5. The SMILES string of the molecule is O=C(O)C1CCCC1C(=O)N1CCN(CC2CC2)CC1. The van der Waals surface area contributed by atoms with Gasteiger partial charge in [-0.25, -0.2) is 0 Å². The molecule has 1 aliphatic heterocycles. The molecule has 1 saturated heterocycles. The number of nitrogens with zero attached hydrogens (tertiary/aromatic N) is 2. The Morgan fingerprint density at radius 2 is 1.60 bits per heavy atom. The molecule has 112 valence electrons. The molecule has 1 amide bonds. The van der Waals surface area contributed by atoms with Crippen LogP contribution in [-0.4, -0.2) is 59.5 Å². The van der Waals surface area contributed by atoms with Crippen LogP contribution in [-0.2, 0) is 9.59 Å². The number of carbonyl (C=O) groups is 2. The first-order chi connectivity index (χ1) is 9.65. The van der Waals surface area contributed by atoms with E-state index in [2.05, 4.69) is 4.90 Å². The van der Waals surface area contributed by atoms with Gasteiger partial charge in [0.25, 0.3) is 0 Å². The van der Waals surface area contributed by atoms with Crippen molar-refractivity contribution in [1.82, 2.24) is 9.80 Å². The Balaban J connectivity index is 1.51. The smallest absolute Gasteiger partial charge is 0.307 e. The number of piperazine rings is 1. The van der Waals surface area contributed by atoms with Gasteiger partial charge >= 0.3 is 5.97 Å². The molecule has 2 saturated carbocycles. The molecule has 0 bridgehead atoms. The third kappa shape index (κ3) is 2.97. The zero-order chi connectivity index (χ0) is 14.1. The number of aliphatic carboxylic acids is 1. The second kappa shape index (κ2) is 5.72. The molecule has 1 N–H and O–H groups in total. The third-order valence-electron chi connectivity index (χ3n) is 5.05. The highest BCUT2D eigenvalue weighted by Gasteiger charge is 2.40. The number of hydrogen-bond donors (Lipinski definition) is 1. The van der Waals surface area contributed by atoms with Crippen molar-refractivity contribution < 1.29 is 14.7 Å². The maximum Gasteiger partial charge on any atom is 0.307 e. The number of hydrogen-bond acceptors (Lipinski definition) is 3. The lowest BCUT2D eigenvalue weighted by atomic mass is 9.94. The summed E-state index contributed by atoms with van der Waals surface area (Å²) in [6.45, 7) is 4.63. The van der Waals surface area contributed by atoms with Crippen LogP contribution < -0.4 is 0 Å². The molecule has 20 heavy (non-hydrogen) atoms. The Labute approximate surface area is 119 Å². The average molecular weight is 280 g/mol. The molecule has 5 nitrogen and oxygen atoms in total. The minimum Gasteiger partial charge on any atom is -0.481 e. The number of carboxylic acids is 1. The summed E-state index contributed by atoms with van der Waals surface area (Å²) in [5, 5.41) is 9.20. The van der Waals surface area contributed by atoms with Crippen LogP contribution in [0.15, 0.2) is 0 Å². The summed E-state index contributed by atoms with van der Waals surface area (Å²) in [4.78, 5) is 28.0. The Kier molecular flexibility index (Phi) is 3.96. The minimum atomic E-state index is -0.798. The molecule has 0 spiro atoms. The van der Waals surface area contributed by atoms with Gasteiger partial charge in [-0.2, -0.15) is 0 Å². The van der Waals surface area contributed by atoms with Gasteiger partial charge in [-0.3, -0.25) is 14.5 Å². The van der Waals surface area contributed by atoms with Crippen LogP contribution in [0.5, 0.6) is 0 Å². The first-order valence-corrected chi connectivity index (χ1v) is 7.89. The first kappa shape index (κ1) is 13.9. The van der Waals surface area contributed by atoms with Gasteiger partial charge in [0.15, 0.2) is 0 Å². The molecule has 0 aromatic carbocycles. The quantitative estimate of drug-likeness (QED) is 0.836. The van der Waals surface area contributed by atoms with Gasteiger partial charge in [0.2, 0.25) is 5.91 Å². The number of carbonyl (C=O) groups excluding carboxylic acids is 1. The lowest BCUT2D eigenvalue weighted by molar-refractivity contribution is -0.149. The van der Waals surface area contributed by atoms with E-state index >= 15 is 0 Å². The van der Waals surface area contributed by atoms with Crippen molar-refractivity contribution in [3.05, 3.63) is 0 Å². The van der Waals surface area contributed by atoms with Gasteiger partial charge in [0.1, 0.15) is 0 Å². The van der Waals surface area contributed by atoms with Crippen molar-refractivity contribution in [2.45, 2.75) is 32.1 Å². The molecule has 2 aliphatic carbocycles. The Hall–Kier alpha value is -1.10. The summed E-state index contributed by atoms with van der Waals surface area (Å²) >= 11 is 0. The molecule has 1 heterocycles. The van der Waals surface area contributed by atoms with E-state index in [1.54, 1.807) is 0 Å². The number of amides is 1. The Morgan fingerprint density at radius 3 is 2.20 bits per heavy atom. The molecule has 0 aromatic heterocycles. The number of rotatable bonds is 4. The topological polar surface area (TPSA) is 60.9 Å². The second-order valence-corrected chi connectivity index (χ2v) is 6.55. The van der Waals surface area contributed by atoms with E-state index in [4.69, 9.17) is 0 Å². The molecule has 3 rings (SSSR count). The van der Waals surface area contributed by atoms with Crippen molar-refractivity contribution in [2.75, 3.05) is 32.7 Å². The molecule has 3 aliphatic rings. The zero-order valence-corrected chi connectivity index (χ0v) is 12.0. The van der Waals surface area contributed by atoms with E-state index in [0.717, 1.165) is 44.9 Å². The lowest BCUT2D eigenvalue weighted by Gasteiger charge is -2.36. The first-order valence-electron chi connectivity index (χ1n) is 7.89. The predicted molar refractivity (Wildman–Crippen MR) is 74.2 cm³/mol. The summed E-state index contributed by atoms with van der Waals surface area (Å²) in [6, 6.07) is 0. The fourth-order valence-electron chi connectivity index (χ4n) is 3.60. The van der Waals surface area contributed by atoms with E-state index < -0.39 is 11.9 Å². The minimum absolute atomic E-state index is 0.0842. The van der Waals surface area contributed by atoms with Crippen molar-refractivity contribution in [2.24, 2.45) is 17.8 Å². The van der Waals surface area contributed by atoms with Crippen LogP contribution in [0.4, 0.5) is 0 Å². The van der Waals surface area contributed by atoms with Crippen molar-refractivity contribution in [3.63, 3.8) is 0 Å². The van der Waals surface area contributed by atoms with E-state index in [9.17, 15) is 14.7 Å². The van der Waals surface area contributed by atoms with Gasteiger partial charge in [0.05, 0.1) is 11.8 Å². The van der Waals surface area contributed by atoms with E-state index in [1.807, 2.05) is 4.90 Å². The maximum absolute atomic E-state index is 12.5. The van der Waals surface area contributed by atoms with Crippen molar-refractivity contribution in [3.8, 4) is 0 Å². The van der Waals surface area contributed by atoms with Crippen LogP contribution >= 0.6 is 0 Å². The van der Waals surface area contributed by atoms with Crippen LogP contribution in [0.2, 0.25) is 0 Å². The average Bonchev–Trinajstić information content (AvgIpc) is 3.11. The zero-order valence-electron chi connectivity index (χ0n) is 12.0. The second-order valence-electron chi connectivity index (χ2n) is 6.55. The fourth-order valence-corrected chi connectivity index (χ4v) is 3.60. The maximum atomic E-state index is 12.5. The van der Waals surface area contributed by atoms with Gasteiger partial charge < -0.3 is 10.0 Å². The molecule has 0 aromatic rings. The van der Waals surface area contributed by atoms with Gasteiger partial charge in [0, 0.05) is 32.7 Å². The monoisotopic (exact) mass is 280 g/mol. The standard InChI is InChI=1S/C15H24N2O3/c18-14(12-2-1-3-13(12)15(19)20)17-8-6-16(7-9-17)10-11-4-5-11/h11-13H,1-10H2,(H,19,20). The van der Waals surface area contributed by atoms with Crippen LogP contribution in [0.25, 0.3) is 0 Å². The van der Waals surface area contributed by atoms with E-state index in [-0.39, 0.29) is 11.8 Å². The molecule has 5 heteroatoms. The third-order valence-corrected chi connectivity index (χ3v) is 5.05. The molecular formula is C15H24N2O3. The van der Waals surface area contributed by atoms with E-state index in [1.165, 1.54) is 19.4 Å². The highest BCUT2D eigenvalue weighted by Crippen LogP contribution is 2.34. The Morgan fingerprint density at radius 1 is 0.950 bits per heavy atom. The van der Waals surface area contributed by atoms with Crippen LogP contribution in [0, 0.1) is 17.8 Å². The summed E-state index contributed by atoms with van der Waals surface area (Å²) < 4.78 is 0. The molecular weight excluding hydrogens is 256 g/mol. The fraction of sp³-hybridized carbons (Fsp3) is 0.867.